The van der Waals surface area contributed by atoms with Gasteiger partial charge in [-0.1, -0.05) is 6.07 Å². The maximum atomic E-state index is 11.6. The van der Waals surface area contributed by atoms with Crippen molar-refractivity contribution < 1.29 is 9.53 Å². The summed E-state index contributed by atoms with van der Waals surface area (Å²) < 4.78 is 6.11. The number of carbonyl (C=O) groups is 1. The summed E-state index contributed by atoms with van der Waals surface area (Å²) in [6, 6.07) is 5.41. The lowest BCUT2D eigenvalue weighted by molar-refractivity contribution is -0.118. The maximum absolute atomic E-state index is 11.6. The molecule has 1 aromatic heterocycles. The standard InChI is InChI=1S/C11H13BrN2O2/c12-9-4-1-5-10(13-9)14-11(15)7-8-3-2-6-16-8/h1,4-5,8H,2-3,6-7H2,(H,13,14,15). The molecule has 0 aliphatic carbocycles. The first-order valence-corrected chi connectivity index (χ1v) is 6.07. The fourth-order valence-electron chi connectivity index (χ4n) is 1.68. The summed E-state index contributed by atoms with van der Waals surface area (Å²) >= 11 is 3.25. The molecule has 1 amide bonds. The van der Waals surface area contributed by atoms with E-state index in [1.807, 2.05) is 12.1 Å². The van der Waals surface area contributed by atoms with Crippen LogP contribution in [0.3, 0.4) is 0 Å². The first-order valence-electron chi connectivity index (χ1n) is 5.28. The number of aromatic nitrogens is 1. The zero-order chi connectivity index (χ0) is 11.4. The second-order valence-corrected chi connectivity index (χ2v) is 4.55. The van der Waals surface area contributed by atoms with Gasteiger partial charge in [-0.2, -0.15) is 0 Å². The Hall–Kier alpha value is -0.940. The topological polar surface area (TPSA) is 51.2 Å². The van der Waals surface area contributed by atoms with Gasteiger partial charge in [-0.3, -0.25) is 4.79 Å². The van der Waals surface area contributed by atoms with Crippen LogP contribution in [0, 0.1) is 0 Å². The van der Waals surface area contributed by atoms with Gasteiger partial charge in [0.2, 0.25) is 5.91 Å². The van der Waals surface area contributed by atoms with E-state index in [1.165, 1.54) is 0 Å². The highest BCUT2D eigenvalue weighted by atomic mass is 79.9. The van der Waals surface area contributed by atoms with Crippen molar-refractivity contribution in [2.24, 2.45) is 0 Å². The molecule has 1 saturated heterocycles. The van der Waals surface area contributed by atoms with Crippen LogP contribution >= 0.6 is 15.9 Å². The van der Waals surface area contributed by atoms with Crippen LogP contribution in [0.2, 0.25) is 0 Å². The average molecular weight is 285 g/mol. The first-order chi connectivity index (χ1) is 7.74. The Morgan fingerprint density at radius 1 is 1.62 bits per heavy atom. The quantitative estimate of drug-likeness (QED) is 0.867. The number of anilines is 1. The summed E-state index contributed by atoms with van der Waals surface area (Å²) in [6.07, 6.45) is 2.51. The van der Waals surface area contributed by atoms with E-state index in [9.17, 15) is 4.79 Å². The Balaban J connectivity index is 1.86. The molecule has 0 saturated carbocycles. The van der Waals surface area contributed by atoms with Gasteiger partial charge < -0.3 is 10.1 Å². The first kappa shape index (κ1) is 11.5. The SMILES string of the molecule is O=C(CC1CCCO1)Nc1cccc(Br)n1. The monoisotopic (exact) mass is 284 g/mol. The van der Waals surface area contributed by atoms with Crippen LogP contribution in [0.25, 0.3) is 0 Å². The molecule has 0 bridgehead atoms. The number of hydrogen-bond acceptors (Lipinski definition) is 3. The van der Waals surface area contributed by atoms with Gasteiger partial charge in [-0.05, 0) is 40.9 Å². The van der Waals surface area contributed by atoms with Gasteiger partial charge in [-0.25, -0.2) is 4.98 Å². The van der Waals surface area contributed by atoms with E-state index in [0.29, 0.717) is 16.8 Å². The van der Waals surface area contributed by atoms with Gasteiger partial charge in [0.1, 0.15) is 10.4 Å². The Kier molecular flexibility index (Phi) is 3.90. The van der Waals surface area contributed by atoms with E-state index in [2.05, 4.69) is 26.2 Å². The molecule has 0 spiro atoms. The fraction of sp³-hybridized carbons (Fsp3) is 0.455. The number of nitrogens with one attached hydrogen (secondary N) is 1. The highest BCUT2D eigenvalue weighted by Gasteiger charge is 2.19. The molecule has 1 atom stereocenters. The average Bonchev–Trinajstić information content (AvgIpc) is 2.70. The van der Waals surface area contributed by atoms with Gasteiger partial charge >= 0.3 is 0 Å². The van der Waals surface area contributed by atoms with Crippen molar-refractivity contribution in [3.8, 4) is 0 Å². The molecule has 2 rings (SSSR count). The number of carbonyl (C=O) groups excluding carboxylic acids is 1. The fourth-order valence-corrected chi connectivity index (χ4v) is 2.03. The van der Waals surface area contributed by atoms with Gasteiger partial charge in [0.05, 0.1) is 12.5 Å². The lowest BCUT2D eigenvalue weighted by Gasteiger charge is -2.09. The van der Waals surface area contributed by atoms with Crippen molar-refractivity contribution in [1.29, 1.82) is 0 Å². The Morgan fingerprint density at radius 2 is 2.50 bits per heavy atom. The molecule has 4 nitrogen and oxygen atoms in total. The Bertz CT molecular complexity index is 378. The molecule has 5 heteroatoms. The molecule has 1 aromatic rings. The van der Waals surface area contributed by atoms with Gasteiger partial charge in [-0.15, -0.1) is 0 Å². The van der Waals surface area contributed by atoms with E-state index in [-0.39, 0.29) is 12.0 Å². The van der Waals surface area contributed by atoms with Crippen LogP contribution in [-0.4, -0.2) is 23.6 Å². The lowest BCUT2D eigenvalue weighted by Crippen LogP contribution is -2.19. The summed E-state index contributed by atoms with van der Waals surface area (Å²) in [7, 11) is 0. The van der Waals surface area contributed by atoms with E-state index in [0.717, 1.165) is 19.4 Å². The van der Waals surface area contributed by atoms with Crippen LogP contribution in [-0.2, 0) is 9.53 Å². The number of ether oxygens (including phenoxy) is 1. The number of halogens is 1. The third-order valence-electron chi connectivity index (χ3n) is 2.42. The minimum atomic E-state index is -0.0440. The van der Waals surface area contributed by atoms with Crippen LogP contribution in [0.5, 0.6) is 0 Å². The van der Waals surface area contributed by atoms with Crippen LogP contribution in [0.15, 0.2) is 22.8 Å². The number of pyridine rings is 1. The summed E-state index contributed by atoms with van der Waals surface area (Å²) in [5, 5.41) is 2.75. The third kappa shape index (κ3) is 3.28. The highest BCUT2D eigenvalue weighted by Crippen LogP contribution is 2.16. The molecule has 16 heavy (non-hydrogen) atoms. The summed E-state index contributed by atoms with van der Waals surface area (Å²) in [6.45, 7) is 0.771. The normalized spacial score (nSPS) is 19.7. The largest absolute Gasteiger partial charge is 0.378 e. The van der Waals surface area contributed by atoms with Crippen LogP contribution in [0.4, 0.5) is 5.82 Å². The molecule has 0 radical (unpaired) electrons. The molecule has 2 heterocycles. The number of rotatable bonds is 3. The molecular formula is C11H13BrN2O2. The number of amides is 1. The molecule has 1 unspecified atom stereocenters. The van der Waals surface area contributed by atoms with Crippen molar-refractivity contribution in [2.45, 2.75) is 25.4 Å². The molecule has 1 aliphatic rings. The number of nitrogens with zero attached hydrogens (tertiary/aromatic N) is 1. The van der Waals surface area contributed by atoms with Crippen LogP contribution < -0.4 is 5.32 Å². The van der Waals surface area contributed by atoms with Crippen LogP contribution in [0.1, 0.15) is 19.3 Å². The van der Waals surface area contributed by atoms with Crippen molar-refractivity contribution in [2.75, 3.05) is 11.9 Å². The molecule has 86 valence electrons. The molecule has 1 fully saturated rings. The summed E-state index contributed by atoms with van der Waals surface area (Å²) in [5.74, 6) is 0.523. The second-order valence-electron chi connectivity index (χ2n) is 3.73. The molecule has 1 aliphatic heterocycles. The number of hydrogen-bond donors (Lipinski definition) is 1. The summed E-state index contributed by atoms with van der Waals surface area (Å²) in [4.78, 5) is 15.8. The van der Waals surface area contributed by atoms with Gasteiger partial charge in [0.25, 0.3) is 0 Å². The lowest BCUT2D eigenvalue weighted by atomic mass is 10.2. The molecular weight excluding hydrogens is 272 g/mol. The second kappa shape index (κ2) is 5.41. The zero-order valence-corrected chi connectivity index (χ0v) is 10.4. The summed E-state index contributed by atoms with van der Waals surface area (Å²) in [5.41, 5.74) is 0. The van der Waals surface area contributed by atoms with E-state index in [4.69, 9.17) is 4.74 Å². The zero-order valence-electron chi connectivity index (χ0n) is 8.78. The van der Waals surface area contributed by atoms with E-state index >= 15 is 0 Å². The molecule has 1 N–H and O–H groups in total. The smallest absolute Gasteiger partial charge is 0.228 e. The van der Waals surface area contributed by atoms with Crippen molar-refractivity contribution in [1.82, 2.24) is 4.98 Å². The maximum Gasteiger partial charge on any atom is 0.228 e. The van der Waals surface area contributed by atoms with Gasteiger partial charge in [0, 0.05) is 6.61 Å². The van der Waals surface area contributed by atoms with Crippen molar-refractivity contribution in [3.05, 3.63) is 22.8 Å². The minimum absolute atomic E-state index is 0.0440. The predicted octanol–water partition coefficient (Wildman–Crippen LogP) is 2.35. The predicted molar refractivity (Wildman–Crippen MR) is 64.2 cm³/mol. The van der Waals surface area contributed by atoms with Crippen molar-refractivity contribution >= 4 is 27.7 Å². The van der Waals surface area contributed by atoms with Crippen molar-refractivity contribution in [3.63, 3.8) is 0 Å². The highest BCUT2D eigenvalue weighted by molar-refractivity contribution is 9.10. The van der Waals surface area contributed by atoms with E-state index < -0.39 is 0 Å². The minimum Gasteiger partial charge on any atom is -0.378 e. The Morgan fingerprint density at radius 3 is 3.19 bits per heavy atom. The van der Waals surface area contributed by atoms with Gasteiger partial charge in [0.15, 0.2) is 0 Å². The molecule has 0 aromatic carbocycles. The Labute approximate surface area is 103 Å². The van der Waals surface area contributed by atoms with E-state index in [1.54, 1.807) is 6.07 Å². The third-order valence-corrected chi connectivity index (χ3v) is 2.86.